The number of amidine groups is 1. The van der Waals surface area contributed by atoms with Gasteiger partial charge in [0.05, 0.1) is 5.84 Å². The topological polar surface area (TPSA) is 111 Å². The Morgan fingerprint density at radius 3 is 2.08 bits per heavy atom. The van der Waals surface area contributed by atoms with Crippen LogP contribution in [0, 0.1) is 5.41 Å². The molecule has 13 heavy (non-hydrogen) atoms. The van der Waals surface area contributed by atoms with E-state index in [1.807, 2.05) is 0 Å². The molecule has 0 saturated carbocycles. The Labute approximate surface area is 74.6 Å². The zero-order valence-corrected chi connectivity index (χ0v) is 6.78. The van der Waals surface area contributed by atoms with Gasteiger partial charge in [-0.2, -0.15) is 0 Å². The summed E-state index contributed by atoms with van der Waals surface area (Å²) in [6.45, 7) is 0. The summed E-state index contributed by atoms with van der Waals surface area (Å²) in [7, 11) is 0. The van der Waals surface area contributed by atoms with Crippen LogP contribution in [0.15, 0.2) is 12.1 Å². The molecule has 5 nitrogen and oxygen atoms in total. The van der Waals surface area contributed by atoms with Gasteiger partial charge in [0.2, 0.25) is 0 Å². The normalized spacial score (nSPS) is 9.85. The second-order valence-electron chi connectivity index (χ2n) is 2.68. The van der Waals surface area contributed by atoms with Crippen molar-refractivity contribution in [3.8, 4) is 17.2 Å². The van der Waals surface area contributed by atoms with Gasteiger partial charge in [-0.25, -0.2) is 0 Å². The Bertz CT molecular complexity index is 326. The number of benzene rings is 1. The molecule has 0 fully saturated rings. The van der Waals surface area contributed by atoms with E-state index in [-0.39, 0.29) is 12.3 Å². The highest BCUT2D eigenvalue weighted by molar-refractivity contribution is 5.79. The highest BCUT2D eigenvalue weighted by Gasteiger charge is 2.08. The van der Waals surface area contributed by atoms with Crippen molar-refractivity contribution in [1.82, 2.24) is 0 Å². The third kappa shape index (κ3) is 2.02. The van der Waals surface area contributed by atoms with Gasteiger partial charge in [0, 0.05) is 6.42 Å². The first-order valence-electron chi connectivity index (χ1n) is 3.57. The van der Waals surface area contributed by atoms with Crippen LogP contribution in [-0.2, 0) is 6.42 Å². The van der Waals surface area contributed by atoms with E-state index in [4.69, 9.17) is 26.5 Å². The molecule has 5 heteroatoms. The van der Waals surface area contributed by atoms with Gasteiger partial charge >= 0.3 is 0 Å². The monoisotopic (exact) mass is 182 g/mol. The molecule has 0 aromatic heterocycles. The van der Waals surface area contributed by atoms with Crippen molar-refractivity contribution < 1.29 is 15.3 Å². The van der Waals surface area contributed by atoms with E-state index in [1.165, 1.54) is 12.1 Å². The lowest BCUT2D eigenvalue weighted by Crippen LogP contribution is -2.12. The molecule has 0 aliphatic carbocycles. The standard InChI is InChI=1S/C8H10N2O3/c9-7(10)3-4-1-5(11)8(13)6(12)2-4/h1-2,11-13H,3H2,(H3,9,10). The summed E-state index contributed by atoms with van der Waals surface area (Å²) in [4.78, 5) is 0. The maximum Gasteiger partial charge on any atom is 0.200 e. The van der Waals surface area contributed by atoms with Gasteiger partial charge in [0.25, 0.3) is 0 Å². The predicted molar refractivity (Wildman–Crippen MR) is 47.1 cm³/mol. The van der Waals surface area contributed by atoms with E-state index in [1.54, 1.807) is 0 Å². The van der Waals surface area contributed by atoms with Crippen LogP contribution in [0.4, 0.5) is 0 Å². The first-order chi connectivity index (χ1) is 6.00. The first-order valence-corrected chi connectivity index (χ1v) is 3.57. The van der Waals surface area contributed by atoms with Gasteiger partial charge in [-0.15, -0.1) is 0 Å². The fourth-order valence-electron chi connectivity index (χ4n) is 0.983. The zero-order chi connectivity index (χ0) is 10.0. The number of hydrogen-bond donors (Lipinski definition) is 5. The first kappa shape index (κ1) is 9.18. The molecule has 0 unspecified atom stereocenters. The van der Waals surface area contributed by atoms with Crippen LogP contribution in [-0.4, -0.2) is 21.2 Å². The van der Waals surface area contributed by atoms with Gasteiger partial charge in [0.15, 0.2) is 17.2 Å². The minimum absolute atomic E-state index is 0.0792. The molecule has 6 N–H and O–H groups in total. The van der Waals surface area contributed by atoms with Crippen molar-refractivity contribution in [2.24, 2.45) is 5.73 Å². The van der Waals surface area contributed by atoms with Crippen molar-refractivity contribution in [3.63, 3.8) is 0 Å². The Morgan fingerprint density at radius 1 is 1.23 bits per heavy atom. The molecule has 0 amide bonds. The summed E-state index contributed by atoms with van der Waals surface area (Å²) < 4.78 is 0. The lowest BCUT2D eigenvalue weighted by molar-refractivity contribution is 0.367. The predicted octanol–water partition coefficient (Wildman–Crippen LogP) is 0.282. The van der Waals surface area contributed by atoms with Crippen LogP contribution in [0.5, 0.6) is 17.2 Å². The number of hydrogen-bond acceptors (Lipinski definition) is 4. The smallest absolute Gasteiger partial charge is 0.200 e. The van der Waals surface area contributed by atoms with E-state index >= 15 is 0 Å². The Morgan fingerprint density at radius 2 is 1.69 bits per heavy atom. The van der Waals surface area contributed by atoms with Crippen LogP contribution >= 0.6 is 0 Å². The molecular formula is C8H10N2O3. The molecule has 0 aliphatic rings. The summed E-state index contributed by atoms with van der Waals surface area (Å²) >= 11 is 0. The van der Waals surface area contributed by atoms with Crippen LogP contribution in [0.1, 0.15) is 5.56 Å². The largest absolute Gasteiger partial charge is 0.504 e. The van der Waals surface area contributed by atoms with Crippen LogP contribution in [0.2, 0.25) is 0 Å². The molecule has 0 radical (unpaired) electrons. The van der Waals surface area contributed by atoms with Gasteiger partial charge in [-0.05, 0) is 17.7 Å². The van der Waals surface area contributed by atoms with Crippen molar-refractivity contribution >= 4 is 5.84 Å². The molecule has 0 aliphatic heterocycles. The third-order valence-corrected chi connectivity index (χ3v) is 1.52. The average Bonchev–Trinajstić information content (AvgIpc) is 1.98. The van der Waals surface area contributed by atoms with E-state index in [0.29, 0.717) is 5.56 Å². The van der Waals surface area contributed by atoms with Crippen molar-refractivity contribution in [3.05, 3.63) is 17.7 Å². The molecule has 70 valence electrons. The van der Waals surface area contributed by atoms with E-state index < -0.39 is 17.2 Å². The molecular weight excluding hydrogens is 172 g/mol. The molecule has 0 heterocycles. The number of nitrogens with two attached hydrogens (primary N) is 1. The summed E-state index contributed by atoms with van der Waals surface area (Å²) in [5, 5.41) is 34.1. The quantitative estimate of drug-likeness (QED) is 0.257. The molecule has 1 rings (SSSR count). The van der Waals surface area contributed by atoms with Crippen molar-refractivity contribution in [1.29, 1.82) is 5.41 Å². The third-order valence-electron chi connectivity index (χ3n) is 1.52. The second kappa shape index (κ2) is 3.22. The van der Waals surface area contributed by atoms with Gasteiger partial charge < -0.3 is 21.1 Å². The summed E-state index contributed by atoms with van der Waals surface area (Å²) in [5.74, 6) is -1.48. The molecule has 0 bridgehead atoms. The molecule has 0 spiro atoms. The Hall–Kier alpha value is -1.91. The average molecular weight is 182 g/mol. The number of phenols is 3. The number of aromatic hydroxyl groups is 3. The molecule has 0 atom stereocenters. The number of nitrogens with one attached hydrogen (secondary N) is 1. The Balaban J connectivity index is 3.06. The zero-order valence-electron chi connectivity index (χ0n) is 6.78. The molecule has 1 aromatic carbocycles. The highest BCUT2D eigenvalue weighted by atomic mass is 16.3. The van der Waals surface area contributed by atoms with Crippen LogP contribution < -0.4 is 5.73 Å². The van der Waals surface area contributed by atoms with Gasteiger partial charge in [-0.3, -0.25) is 5.41 Å². The lowest BCUT2D eigenvalue weighted by Gasteiger charge is -2.04. The Kier molecular flexibility index (Phi) is 2.27. The maximum absolute atomic E-state index is 9.07. The summed E-state index contributed by atoms with van der Waals surface area (Å²) in [6.07, 6.45) is 0.126. The summed E-state index contributed by atoms with van der Waals surface area (Å²) in [5.41, 5.74) is 5.59. The highest BCUT2D eigenvalue weighted by Crippen LogP contribution is 2.35. The molecule has 0 saturated heterocycles. The van der Waals surface area contributed by atoms with E-state index in [2.05, 4.69) is 0 Å². The van der Waals surface area contributed by atoms with Gasteiger partial charge in [-0.1, -0.05) is 0 Å². The van der Waals surface area contributed by atoms with Gasteiger partial charge in [0.1, 0.15) is 0 Å². The molecule has 1 aromatic rings. The van der Waals surface area contributed by atoms with Crippen LogP contribution in [0.25, 0.3) is 0 Å². The number of rotatable bonds is 2. The maximum atomic E-state index is 9.07. The minimum atomic E-state index is -0.563. The SMILES string of the molecule is N=C(N)Cc1cc(O)c(O)c(O)c1. The van der Waals surface area contributed by atoms with E-state index in [9.17, 15) is 0 Å². The van der Waals surface area contributed by atoms with Crippen molar-refractivity contribution in [2.75, 3.05) is 0 Å². The second-order valence-corrected chi connectivity index (χ2v) is 2.68. The van der Waals surface area contributed by atoms with E-state index in [0.717, 1.165) is 0 Å². The van der Waals surface area contributed by atoms with Crippen LogP contribution in [0.3, 0.4) is 0 Å². The lowest BCUT2D eigenvalue weighted by atomic mass is 10.1. The minimum Gasteiger partial charge on any atom is -0.504 e. The van der Waals surface area contributed by atoms with Crippen molar-refractivity contribution in [2.45, 2.75) is 6.42 Å². The fourth-order valence-corrected chi connectivity index (χ4v) is 0.983. The number of phenolic OH excluding ortho intramolecular Hbond substituents is 3. The summed E-state index contributed by atoms with van der Waals surface area (Å²) in [6, 6.07) is 2.49. The fraction of sp³-hybridized carbons (Fsp3) is 0.125.